The Morgan fingerprint density at radius 3 is 2.58 bits per heavy atom. The molecule has 6 heteroatoms. The van der Waals surface area contributed by atoms with Crippen LogP contribution < -0.4 is 10.1 Å². The number of aliphatic hydroxyl groups is 1. The van der Waals surface area contributed by atoms with Crippen LogP contribution in [0.1, 0.15) is 19.5 Å². The Bertz CT molecular complexity index is 693. The Balaban J connectivity index is 2.30. The summed E-state index contributed by atoms with van der Waals surface area (Å²) in [6.45, 7) is 4.05. The van der Waals surface area contributed by atoms with E-state index in [9.17, 15) is 13.9 Å². The molecule has 0 aliphatic heterocycles. The fourth-order valence-electron chi connectivity index (χ4n) is 2.38. The number of nitrogens with one attached hydrogen (secondary N) is 1. The molecule has 0 bridgehead atoms. The van der Waals surface area contributed by atoms with Gasteiger partial charge in [0, 0.05) is 18.2 Å². The fraction of sp³-hybridized carbons (Fsp3) is 0.389. The number of aliphatic hydroxyl groups excluding tert-OH is 1. The van der Waals surface area contributed by atoms with Gasteiger partial charge < -0.3 is 15.2 Å². The highest BCUT2D eigenvalue weighted by molar-refractivity contribution is 5.67. The lowest BCUT2D eigenvalue weighted by Crippen LogP contribution is -2.36. The van der Waals surface area contributed by atoms with E-state index in [4.69, 9.17) is 4.74 Å². The van der Waals surface area contributed by atoms with Crippen molar-refractivity contribution in [2.45, 2.75) is 26.4 Å². The molecule has 0 aliphatic rings. The molecule has 0 unspecified atom stereocenters. The highest BCUT2D eigenvalue weighted by Gasteiger charge is 2.15. The molecule has 0 radical (unpaired) electrons. The van der Waals surface area contributed by atoms with Crippen molar-refractivity contribution in [2.75, 3.05) is 13.7 Å². The summed E-state index contributed by atoms with van der Waals surface area (Å²) in [6, 6.07) is 6.74. The predicted molar refractivity (Wildman–Crippen MR) is 88.7 cm³/mol. The van der Waals surface area contributed by atoms with Crippen molar-refractivity contribution in [3.8, 4) is 17.0 Å². The summed E-state index contributed by atoms with van der Waals surface area (Å²) < 4.78 is 32.8. The van der Waals surface area contributed by atoms with Crippen molar-refractivity contribution in [3.05, 3.63) is 47.7 Å². The van der Waals surface area contributed by atoms with Gasteiger partial charge in [0.1, 0.15) is 17.4 Å². The van der Waals surface area contributed by atoms with Gasteiger partial charge >= 0.3 is 0 Å². The Morgan fingerprint density at radius 1 is 1.21 bits per heavy atom. The fourth-order valence-corrected chi connectivity index (χ4v) is 2.38. The molecule has 24 heavy (non-hydrogen) atoms. The molecule has 1 heterocycles. The van der Waals surface area contributed by atoms with Crippen LogP contribution in [0, 0.1) is 17.6 Å². The van der Waals surface area contributed by atoms with Gasteiger partial charge in [0.25, 0.3) is 0 Å². The maximum atomic E-state index is 14.0. The van der Waals surface area contributed by atoms with Crippen molar-refractivity contribution in [1.82, 2.24) is 10.3 Å². The van der Waals surface area contributed by atoms with E-state index in [1.54, 1.807) is 0 Å². The first-order chi connectivity index (χ1) is 11.5. The van der Waals surface area contributed by atoms with Crippen molar-refractivity contribution in [1.29, 1.82) is 0 Å². The standard InChI is InChI=1S/C18H22F2N2O2/c1-11(2)17(10-23)21-9-16-14(20)5-6-15(22-16)13-8-12(19)4-7-18(13)24-3/h4-8,11,17,21,23H,9-10H2,1-3H3/t17-/m0/s1. The third-order valence-corrected chi connectivity index (χ3v) is 3.89. The van der Waals surface area contributed by atoms with E-state index in [0.717, 1.165) is 0 Å². The van der Waals surface area contributed by atoms with Gasteiger partial charge in [0.2, 0.25) is 0 Å². The molecule has 1 aromatic carbocycles. The first-order valence-electron chi connectivity index (χ1n) is 7.79. The number of hydrogen-bond donors (Lipinski definition) is 2. The molecule has 2 aromatic rings. The van der Waals surface area contributed by atoms with Crippen molar-refractivity contribution >= 4 is 0 Å². The summed E-state index contributed by atoms with van der Waals surface area (Å²) in [6.07, 6.45) is 0. The number of rotatable bonds is 7. The molecular weight excluding hydrogens is 314 g/mol. The Kier molecular flexibility index (Phi) is 6.23. The van der Waals surface area contributed by atoms with E-state index >= 15 is 0 Å². The molecule has 130 valence electrons. The van der Waals surface area contributed by atoms with Crippen LogP contribution in [0.25, 0.3) is 11.3 Å². The Labute approximate surface area is 140 Å². The molecule has 0 aliphatic carbocycles. The van der Waals surface area contributed by atoms with Crippen LogP contribution in [0.4, 0.5) is 8.78 Å². The smallest absolute Gasteiger partial charge is 0.146 e. The molecule has 0 saturated heterocycles. The van der Waals surface area contributed by atoms with Crippen LogP contribution in [0.2, 0.25) is 0 Å². The second kappa shape index (κ2) is 8.17. The number of ether oxygens (including phenoxy) is 1. The summed E-state index contributed by atoms with van der Waals surface area (Å²) >= 11 is 0. The number of hydrogen-bond acceptors (Lipinski definition) is 4. The first-order valence-corrected chi connectivity index (χ1v) is 7.79. The summed E-state index contributed by atoms with van der Waals surface area (Å²) in [5.74, 6) is -0.215. The van der Waals surface area contributed by atoms with Crippen molar-refractivity contribution in [2.24, 2.45) is 5.92 Å². The molecule has 4 nitrogen and oxygen atoms in total. The van der Waals surface area contributed by atoms with Crippen LogP contribution in [0.3, 0.4) is 0 Å². The van der Waals surface area contributed by atoms with E-state index in [2.05, 4.69) is 10.3 Å². The normalized spacial score (nSPS) is 12.5. The van der Waals surface area contributed by atoms with E-state index in [0.29, 0.717) is 17.0 Å². The lowest BCUT2D eigenvalue weighted by atomic mass is 10.1. The van der Waals surface area contributed by atoms with E-state index < -0.39 is 11.6 Å². The summed E-state index contributed by atoms with van der Waals surface area (Å²) in [5, 5.41) is 12.4. The van der Waals surface area contributed by atoms with Gasteiger partial charge in [0.15, 0.2) is 0 Å². The maximum Gasteiger partial charge on any atom is 0.146 e. The molecule has 2 rings (SSSR count). The van der Waals surface area contributed by atoms with Gasteiger partial charge in [0.05, 0.1) is 25.1 Å². The van der Waals surface area contributed by atoms with Crippen LogP contribution >= 0.6 is 0 Å². The maximum absolute atomic E-state index is 14.0. The van der Waals surface area contributed by atoms with Gasteiger partial charge in [-0.15, -0.1) is 0 Å². The second-order valence-electron chi connectivity index (χ2n) is 5.88. The quantitative estimate of drug-likeness (QED) is 0.816. The molecular formula is C18H22F2N2O2. The molecule has 2 N–H and O–H groups in total. The number of pyridine rings is 1. The summed E-state index contributed by atoms with van der Waals surface area (Å²) in [4.78, 5) is 4.29. The average Bonchev–Trinajstić information content (AvgIpc) is 2.56. The van der Waals surface area contributed by atoms with Gasteiger partial charge in [-0.25, -0.2) is 13.8 Å². The third-order valence-electron chi connectivity index (χ3n) is 3.89. The predicted octanol–water partition coefficient (Wildman–Crippen LogP) is 3.14. The lowest BCUT2D eigenvalue weighted by molar-refractivity contribution is 0.209. The van der Waals surface area contributed by atoms with E-state index in [1.165, 1.54) is 37.4 Å². The van der Waals surface area contributed by atoms with E-state index in [-0.39, 0.29) is 30.8 Å². The van der Waals surface area contributed by atoms with Crippen LogP contribution in [0.15, 0.2) is 30.3 Å². The number of aromatic nitrogens is 1. The zero-order chi connectivity index (χ0) is 17.7. The van der Waals surface area contributed by atoms with Crippen LogP contribution in [-0.4, -0.2) is 29.8 Å². The van der Waals surface area contributed by atoms with Crippen LogP contribution in [-0.2, 0) is 6.54 Å². The molecule has 0 amide bonds. The topological polar surface area (TPSA) is 54.4 Å². The number of halogens is 2. The number of methoxy groups -OCH3 is 1. The highest BCUT2D eigenvalue weighted by Crippen LogP contribution is 2.29. The third kappa shape index (κ3) is 4.27. The van der Waals surface area contributed by atoms with Gasteiger partial charge in [-0.2, -0.15) is 0 Å². The zero-order valence-corrected chi connectivity index (χ0v) is 14.0. The van der Waals surface area contributed by atoms with Gasteiger partial charge in [-0.3, -0.25) is 0 Å². The first kappa shape index (κ1) is 18.3. The zero-order valence-electron chi connectivity index (χ0n) is 14.0. The van der Waals surface area contributed by atoms with Crippen molar-refractivity contribution in [3.63, 3.8) is 0 Å². The lowest BCUT2D eigenvalue weighted by Gasteiger charge is -2.20. The number of nitrogens with zero attached hydrogens (tertiary/aromatic N) is 1. The molecule has 0 spiro atoms. The highest BCUT2D eigenvalue weighted by atomic mass is 19.1. The molecule has 1 atom stereocenters. The van der Waals surface area contributed by atoms with E-state index in [1.807, 2.05) is 13.8 Å². The summed E-state index contributed by atoms with van der Waals surface area (Å²) in [5.41, 5.74) is 1.09. The van der Waals surface area contributed by atoms with Crippen molar-refractivity contribution < 1.29 is 18.6 Å². The molecule has 0 saturated carbocycles. The van der Waals surface area contributed by atoms with Gasteiger partial charge in [-0.1, -0.05) is 13.8 Å². The minimum Gasteiger partial charge on any atom is -0.496 e. The summed E-state index contributed by atoms with van der Waals surface area (Å²) in [7, 11) is 1.48. The Morgan fingerprint density at radius 2 is 1.96 bits per heavy atom. The number of benzene rings is 1. The average molecular weight is 336 g/mol. The van der Waals surface area contributed by atoms with Crippen LogP contribution in [0.5, 0.6) is 5.75 Å². The monoisotopic (exact) mass is 336 g/mol. The minimum atomic E-state index is -0.456. The largest absolute Gasteiger partial charge is 0.496 e. The van der Waals surface area contributed by atoms with Gasteiger partial charge in [-0.05, 0) is 36.2 Å². The molecule has 0 fully saturated rings. The Hall–Kier alpha value is -2.05. The molecule has 1 aromatic heterocycles. The minimum absolute atomic E-state index is 0.0449. The second-order valence-corrected chi connectivity index (χ2v) is 5.88. The SMILES string of the molecule is COc1ccc(F)cc1-c1ccc(F)c(CN[C@@H](CO)C(C)C)n1.